The summed E-state index contributed by atoms with van der Waals surface area (Å²) in [5.74, 6) is -1.96. The molecule has 1 atom stereocenters. The highest BCUT2D eigenvalue weighted by Crippen LogP contribution is 2.29. The molecular formula is C10H11NO5. The first-order chi connectivity index (χ1) is 7.56. The minimum absolute atomic E-state index is 0.119. The van der Waals surface area contributed by atoms with E-state index in [-0.39, 0.29) is 18.2 Å². The predicted molar refractivity (Wildman–Crippen MR) is 53.3 cm³/mol. The number of aliphatic carboxylic acids is 2. The van der Waals surface area contributed by atoms with E-state index < -0.39 is 18.0 Å². The van der Waals surface area contributed by atoms with Gasteiger partial charge < -0.3 is 14.9 Å². The fourth-order valence-electron chi connectivity index (χ4n) is 1.39. The Morgan fingerprint density at radius 1 is 1.38 bits per heavy atom. The van der Waals surface area contributed by atoms with Gasteiger partial charge in [-0.2, -0.15) is 0 Å². The molecule has 0 aromatic heterocycles. The third-order valence-electron chi connectivity index (χ3n) is 2.33. The lowest BCUT2D eigenvalue weighted by atomic mass is 10.1. The van der Waals surface area contributed by atoms with Gasteiger partial charge in [0.25, 0.3) is 0 Å². The molecule has 1 fully saturated rings. The number of hydrogen-bond donors (Lipinski definition) is 2. The molecule has 1 unspecified atom stereocenters. The summed E-state index contributed by atoms with van der Waals surface area (Å²) in [6.07, 6.45) is 3.43. The van der Waals surface area contributed by atoms with Crippen molar-refractivity contribution in [3.63, 3.8) is 0 Å². The quantitative estimate of drug-likeness (QED) is 0.723. The van der Waals surface area contributed by atoms with Crippen LogP contribution in [0.15, 0.2) is 16.8 Å². The zero-order valence-electron chi connectivity index (χ0n) is 8.42. The fourth-order valence-corrected chi connectivity index (χ4v) is 1.39. The van der Waals surface area contributed by atoms with Gasteiger partial charge in [0.05, 0.1) is 6.10 Å². The Bertz CT molecular complexity index is 394. The van der Waals surface area contributed by atoms with Crippen LogP contribution in [0.2, 0.25) is 0 Å². The van der Waals surface area contributed by atoms with Crippen LogP contribution < -0.4 is 0 Å². The lowest BCUT2D eigenvalue weighted by Crippen LogP contribution is -2.27. The van der Waals surface area contributed by atoms with Crippen molar-refractivity contribution in [3.05, 3.63) is 11.8 Å². The smallest absolute Gasteiger partial charge is 0.354 e. The fraction of sp³-hybridized carbons (Fsp3) is 0.500. The minimum Gasteiger partial charge on any atom is -0.495 e. The molecule has 6 nitrogen and oxygen atoms in total. The lowest BCUT2D eigenvalue weighted by molar-refractivity contribution is -0.138. The number of carbonyl (C=O) groups is 2. The second-order valence-corrected chi connectivity index (χ2v) is 3.81. The molecule has 2 N–H and O–H groups in total. The van der Waals surface area contributed by atoms with Gasteiger partial charge in [-0.1, -0.05) is 0 Å². The molecule has 0 radical (unpaired) electrons. The first kappa shape index (κ1) is 10.7. The normalized spacial score (nSPS) is 24.4. The lowest BCUT2D eigenvalue weighted by Gasteiger charge is -2.17. The van der Waals surface area contributed by atoms with Crippen LogP contribution in [0.25, 0.3) is 0 Å². The Kier molecular flexibility index (Phi) is 2.64. The SMILES string of the molecule is O=C(O)C1=NC(C(=O)O)CC(OC2CC2)=C1. The minimum atomic E-state index is -1.23. The zero-order valence-corrected chi connectivity index (χ0v) is 8.42. The topological polar surface area (TPSA) is 96.2 Å². The Balaban J connectivity index is 2.15. The average Bonchev–Trinajstić information content (AvgIpc) is 3.01. The Hall–Kier alpha value is -1.85. The van der Waals surface area contributed by atoms with Crippen molar-refractivity contribution in [2.24, 2.45) is 4.99 Å². The highest BCUT2D eigenvalue weighted by molar-refractivity contribution is 6.40. The van der Waals surface area contributed by atoms with Crippen LogP contribution in [0, 0.1) is 0 Å². The van der Waals surface area contributed by atoms with E-state index in [0.717, 1.165) is 12.8 Å². The zero-order chi connectivity index (χ0) is 11.7. The van der Waals surface area contributed by atoms with Crippen molar-refractivity contribution in [2.75, 3.05) is 0 Å². The molecule has 86 valence electrons. The number of aliphatic imine (C=N–C) groups is 1. The van der Waals surface area contributed by atoms with Gasteiger partial charge in [-0.05, 0) is 12.8 Å². The first-order valence-corrected chi connectivity index (χ1v) is 4.97. The molecule has 0 aromatic carbocycles. The number of dihydropyridines is 1. The maximum Gasteiger partial charge on any atom is 0.354 e. The largest absolute Gasteiger partial charge is 0.495 e. The van der Waals surface area contributed by atoms with Gasteiger partial charge in [0.1, 0.15) is 11.5 Å². The summed E-state index contributed by atoms with van der Waals surface area (Å²) in [5, 5.41) is 17.6. The Labute approximate surface area is 91.2 Å². The van der Waals surface area contributed by atoms with Crippen LogP contribution in [-0.4, -0.2) is 40.0 Å². The van der Waals surface area contributed by atoms with Crippen molar-refractivity contribution in [1.82, 2.24) is 0 Å². The van der Waals surface area contributed by atoms with Crippen molar-refractivity contribution < 1.29 is 24.5 Å². The number of carboxylic acid groups (broad SMARTS) is 2. The number of ether oxygens (including phenoxy) is 1. The molecule has 1 aliphatic carbocycles. The standard InChI is InChI=1S/C10H11NO5/c12-9(13)7-3-6(16-5-1-2-5)4-8(11-7)10(14)15/h3,5,8H,1-2,4H2,(H,12,13)(H,14,15). The van der Waals surface area contributed by atoms with Crippen molar-refractivity contribution in [3.8, 4) is 0 Å². The van der Waals surface area contributed by atoms with Gasteiger partial charge in [-0.3, -0.25) is 4.99 Å². The number of hydrogen-bond acceptors (Lipinski definition) is 4. The summed E-state index contributed by atoms with van der Waals surface area (Å²) in [6, 6.07) is -1.05. The number of carboxylic acids is 2. The van der Waals surface area contributed by atoms with Crippen molar-refractivity contribution in [1.29, 1.82) is 0 Å². The van der Waals surface area contributed by atoms with Gasteiger partial charge in [0, 0.05) is 12.5 Å². The van der Waals surface area contributed by atoms with Gasteiger partial charge in [0.2, 0.25) is 0 Å². The maximum atomic E-state index is 10.8. The summed E-state index contributed by atoms with van der Waals surface area (Å²) < 4.78 is 5.42. The second kappa shape index (κ2) is 3.96. The molecule has 2 aliphatic rings. The van der Waals surface area contributed by atoms with E-state index in [1.54, 1.807) is 0 Å². The summed E-state index contributed by atoms with van der Waals surface area (Å²) in [6.45, 7) is 0. The number of nitrogens with zero attached hydrogens (tertiary/aromatic N) is 1. The van der Waals surface area contributed by atoms with Crippen LogP contribution in [0.5, 0.6) is 0 Å². The molecule has 2 rings (SSSR count). The molecule has 16 heavy (non-hydrogen) atoms. The molecule has 0 bridgehead atoms. The number of rotatable bonds is 4. The van der Waals surface area contributed by atoms with Crippen LogP contribution in [0.1, 0.15) is 19.3 Å². The summed E-state index contributed by atoms with van der Waals surface area (Å²) in [7, 11) is 0. The van der Waals surface area contributed by atoms with Gasteiger partial charge in [-0.15, -0.1) is 0 Å². The first-order valence-electron chi connectivity index (χ1n) is 4.97. The van der Waals surface area contributed by atoms with E-state index in [4.69, 9.17) is 14.9 Å². The van der Waals surface area contributed by atoms with E-state index in [1.807, 2.05) is 0 Å². The molecular weight excluding hydrogens is 214 g/mol. The molecule has 1 saturated carbocycles. The highest BCUT2D eigenvalue weighted by atomic mass is 16.5. The third kappa shape index (κ3) is 2.39. The van der Waals surface area contributed by atoms with E-state index in [1.165, 1.54) is 6.08 Å². The average molecular weight is 225 g/mol. The van der Waals surface area contributed by atoms with E-state index in [0.29, 0.717) is 5.76 Å². The van der Waals surface area contributed by atoms with Crippen LogP contribution in [0.3, 0.4) is 0 Å². The van der Waals surface area contributed by atoms with E-state index in [9.17, 15) is 9.59 Å². The predicted octanol–water partition coefficient (Wildman–Crippen LogP) is 0.432. The van der Waals surface area contributed by atoms with E-state index in [2.05, 4.69) is 4.99 Å². The van der Waals surface area contributed by atoms with Gasteiger partial charge in [0.15, 0.2) is 6.04 Å². The maximum absolute atomic E-state index is 10.8. The molecule has 0 aromatic rings. The van der Waals surface area contributed by atoms with Crippen molar-refractivity contribution >= 4 is 17.7 Å². The molecule has 1 heterocycles. The van der Waals surface area contributed by atoms with Crippen LogP contribution >= 0.6 is 0 Å². The van der Waals surface area contributed by atoms with Crippen molar-refractivity contribution in [2.45, 2.75) is 31.4 Å². The Morgan fingerprint density at radius 2 is 2.06 bits per heavy atom. The molecule has 0 spiro atoms. The van der Waals surface area contributed by atoms with Crippen LogP contribution in [-0.2, 0) is 14.3 Å². The molecule has 0 saturated heterocycles. The molecule has 0 amide bonds. The highest BCUT2D eigenvalue weighted by Gasteiger charge is 2.30. The molecule has 1 aliphatic heterocycles. The van der Waals surface area contributed by atoms with Gasteiger partial charge >= 0.3 is 11.9 Å². The monoisotopic (exact) mass is 225 g/mol. The second-order valence-electron chi connectivity index (χ2n) is 3.81. The van der Waals surface area contributed by atoms with E-state index >= 15 is 0 Å². The van der Waals surface area contributed by atoms with Crippen LogP contribution in [0.4, 0.5) is 0 Å². The Morgan fingerprint density at radius 3 is 2.56 bits per heavy atom. The third-order valence-corrected chi connectivity index (χ3v) is 2.33. The van der Waals surface area contributed by atoms with Gasteiger partial charge in [-0.25, -0.2) is 9.59 Å². The molecule has 6 heteroatoms. The summed E-state index contributed by atoms with van der Waals surface area (Å²) >= 11 is 0. The summed E-state index contributed by atoms with van der Waals surface area (Å²) in [4.78, 5) is 25.2. The summed E-state index contributed by atoms with van der Waals surface area (Å²) in [5.41, 5.74) is -0.255.